The van der Waals surface area contributed by atoms with Gasteiger partial charge in [-0.15, -0.1) is 0 Å². The van der Waals surface area contributed by atoms with Crippen molar-refractivity contribution in [1.29, 1.82) is 5.26 Å². The van der Waals surface area contributed by atoms with Crippen LogP contribution >= 0.6 is 0 Å². The molecular formula is C13H11N7O. The number of aromatic amines is 1. The van der Waals surface area contributed by atoms with Crippen molar-refractivity contribution in [1.82, 2.24) is 20.2 Å². The molecule has 4 N–H and O–H groups in total. The van der Waals surface area contributed by atoms with E-state index in [0.717, 1.165) is 5.56 Å². The quantitative estimate of drug-likeness (QED) is 0.488. The zero-order chi connectivity index (χ0) is 14.7. The first-order valence-corrected chi connectivity index (χ1v) is 6.11. The Balaban J connectivity index is 1.93. The number of nitrogens with one attached hydrogen (secondary N) is 2. The molecule has 8 nitrogen and oxygen atoms in total. The van der Waals surface area contributed by atoms with Crippen molar-refractivity contribution >= 4 is 17.0 Å². The third kappa shape index (κ3) is 2.58. The molecule has 0 bridgehead atoms. The van der Waals surface area contributed by atoms with E-state index >= 15 is 0 Å². The van der Waals surface area contributed by atoms with Crippen LogP contribution in [0.2, 0.25) is 0 Å². The van der Waals surface area contributed by atoms with Crippen LogP contribution in [0.25, 0.3) is 11.0 Å². The van der Waals surface area contributed by atoms with Crippen LogP contribution in [0, 0.1) is 11.3 Å². The minimum absolute atomic E-state index is 0.225. The predicted octanol–water partition coefficient (Wildman–Crippen LogP) is 1.50. The molecule has 8 heteroatoms. The van der Waals surface area contributed by atoms with Crippen molar-refractivity contribution in [3.05, 3.63) is 36.0 Å². The van der Waals surface area contributed by atoms with Gasteiger partial charge in [-0.2, -0.15) is 20.3 Å². The molecule has 3 rings (SSSR count). The van der Waals surface area contributed by atoms with Gasteiger partial charge in [0.05, 0.1) is 18.7 Å². The Hall–Kier alpha value is -3.18. The summed E-state index contributed by atoms with van der Waals surface area (Å²) < 4.78 is 5.74. The predicted molar refractivity (Wildman–Crippen MR) is 75.3 cm³/mol. The molecule has 0 unspecified atom stereocenters. The summed E-state index contributed by atoms with van der Waals surface area (Å²) in [5.74, 6) is 6.49. The van der Waals surface area contributed by atoms with Gasteiger partial charge in [0.15, 0.2) is 5.65 Å². The van der Waals surface area contributed by atoms with Gasteiger partial charge >= 0.3 is 0 Å². The Kier molecular flexibility index (Phi) is 3.32. The van der Waals surface area contributed by atoms with Gasteiger partial charge in [-0.05, 0) is 17.7 Å². The zero-order valence-electron chi connectivity index (χ0n) is 10.9. The number of nitrogens with zero attached hydrogens (tertiary/aromatic N) is 4. The van der Waals surface area contributed by atoms with Gasteiger partial charge in [0.2, 0.25) is 11.8 Å². The lowest BCUT2D eigenvalue weighted by Crippen LogP contribution is -2.10. The fourth-order valence-electron chi connectivity index (χ4n) is 1.83. The molecule has 0 saturated heterocycles. The number of benzene rings is 1. The maximum atomic E-state index is 8.65. The fraction of sp³-hybridized carbons (Fsp3) is 0.0769. The number of fused-ring (bicyclic) bond motifs is 1. The summed E-state index contributed by atoms with van der Waals surface area (Å²) in [6, 6.07) is 9.30. The first-order chi connectivity index (χ1) is 10.3. The summed E-state index contributed by atoms with van der Waals surface area (Å²) in [5, 5.41) is 15.9. The van der Waals surface area contributed by atoms with E-state index in [1.54, 1.807) is 18.3 Å². The molecule has 1 aromatic carbocycles. The molecule has 0 amide bonds. The summed E-state index contributed by atoms with van der Waals surface area (Å²) >= 11 is 0. The van der Waals surface area contributed by atoms with Crippen molar-refractivity contribution in [2.24, 2.45) is 5.84 Å². The van der Waals surface area contributed by atoms with Gasteiger partial charge in [-0.1, -0.05) is 12.1 Å². The third-order valence-corrected chi connectivity index (χ3v) is 2.82. The van der Waals surface area contributed by atoms with E-state index in [9.17, 15) is 0 Å². The molecule has 2 heterocycles. The lowest BCUT2D eigenvalue weighted by molar-refractivity contribution is 0.469. The standard InChI is InChI=1S/C13H11N7O/c14-6-5-8-1-3-9(4-2-8)21-12-10-7-16-20-11(10)17-13(18-12)19-15/h1-4,7H,5,15H2,(H2,16,17,18,19,20). The van der Waals surface area contributed by atoms with Gasteiger partial charge in [-0.25, -0.2) is 5.84 Å². The number of rotatable bonds is 4. The number of hydrazine groups is 1. The van der Waals surface area contributed by atoms with Crippen LogP contribution in [0.4, 0.5) is 5.95 Å². The lowest BCUT2D eigenvalue weighted by atomic mass is 10.2. The molecule has 0 spiro atoms. The van der Waals surface area contributed by atoms with E-state index in [-0.39, 0.29) is 5.95 Å². The molecule has 0 aliphatic heterocycles. The summed E-state index contributed by atoms with van der Waals surface area (Å²) in [6.07, 6.45) is 1.94. The highest BCUT2D eigenvalue weighted by Gasteiger charge is 2.11. The van der Waals surface area contributed by atoms with E-state index < -0.39 is 0 Å². The first-order valence-electron chi connectivity index (χ1n) is 6.11. The van der Waals surface area contributed by atoms with E-state index in [2.05, 4.69) is 31.7 Å². The topological polar surface area (TPSA) is 126 Å². The summed E-state index contributed by atoms with van der Waals surface area (Å²) in [5.41, 5.74) is 3.82. The van der Waals surface area contributed by atoms with Crippen LogP contribution in [0.1, 0.15) is 5.56 Å². The summed E-state index contributed by atoms with van der Waals surface area (Å²) in [7, 11) is 0. The normalized spacial score (nSPS) is 10.3. The number of nitrogens with two attached hydrogens (primary N) is 1. The molecule has 0 fully saturated rings. The number of hydrogen-bond donors (Lipinski definition) is 3. The van der Waals surface area contributed by atoms with Crippen LogP contribution in [-0.2, 0) is 6.42 Å². The second kappa shape index (κ2) is 5.44. The number of nitrogen functional groups attached to an aromatic ring is 1. The fourth-order valence-corrected chi connectivity index (χ4v) is 1.83. The van der Waals surface area contributed by atoms with E-state index in [4.69, 9.17) is 15.8 Å². The number of hydrogen-bond acceptors (Lipinski definition) is 7. The monoisotopic (exact) mass is 281 g/mol. The van der Waals surface area contributed by atoms with Crippen LogP contribution in [0.3, 0.4) is 0 Å². The zero-order valence-corrected chi connectivity index (χ0v) is 10.9. The average molecular weight is 281 g/mol. The van der Waals surface area contributed by atoms with E-state index in [1.165, 1.54) is 0 Å². The lowest BCUT2D eigenvalue weighted by Gasteiger charge is -2.07. The first kappa shape index (κ1) is 12.8. The van der Waals surface area contributed by atoms with Gasteiger partial charge < -0.3 is 4.74 Å². The Morgan fingerprint density at radius 3 is 2.81 bits per heavy atom. The number of nitriles is 1. The average Bonchev–Trinajstić information content (AvgIpc) is 2.98. The molecule has 0 radical (unpaired) electrons. The van der Waals surface area contributed by atoms with Crippen molar-refractivity contribution in [2.75, 3.05) is 5.43 Å². The molecule has 0 aliphatic rings. The van der Waals surface area contributed by atoms with Crippen molar-refractivity contribution in [2.45, 2.75) is 6.42 Å². The largest absolute Gasteiger partial charge is 0.438 e. The van der Waals surface area contributed by atoms with Gasteiger partial charge in [0.25, 0.3) is 0 Å². The van der Waals surface area contributed by atoms with E-state index in [1.807, 2.05) is 12.1 Å². The molecule has 3 aromatic rings. The molecule has 104 valence electrons. The highest BCUT2D eigenvalue weighted by Crippen LogP contribution is 2.27. The van der Waals surface area contributed by atoms with Crippen molar-refractivity contribution < 1.29 is 4.74 Å². The smallest absolute Gasteiger partial charge is 0.242 e. The van der Waals surface area contributed by atoms with Gasteiger partial charge in [0.1, 0.15) is 11.1 Å². The van der Waals surface area contributed by atoms with Crippen molar-refractivity contribution in [3.63, 3.8) is 0 Å². The SMILES string of the molecule is N#CCc1ccc(Oc2nc(NN)nc3[nH]ncc23)cc1. The molecule has 0 saturated carbocycles. The minimum Gasteiger partial charge on any atom is -0.438 e. The molecule has 0 atom stereocenters. The number of H-pyrrole nitrogens is 1. The third-order valence-electron chi connectivity index (χ3n) is 2.82. The Morgan fingerprint density at radius 1 is 1.29 bits per heavy atom. The van der Waals surface area contributed by atoms with Gasteiger partial charge in [-0.3, -0.25) is 10.5 Å². The van der Waals surface area contributed by atoms with Crippen LogP contribution in [0.15, 0.2) is 30.5 Å². The highest BCUT2D eigenvalue weighted by atomic mass is 16.5. The Labute approximate surface area is 119 Å². The summed E-state index contributed by atoms with van der Waals surface area (Å²) in [6.45, 7) is 0. The van der Waals surface area contributed by atoms with Crippen molar-refractivity contribution in [3.8, 4) is 17.7 Å². The summed E-state index contributed by atoms with van der Waals surface area (Å²) in [4.78, 5) is 8.28. The second-order valence-electron chi connectivity index (χ2n) is 4.21. The molecule has 2 aromatic heterocycles. The second-order valence-corrected chi connectivity index (χ2v) is 4.21. The van der Waals surface area contributed by atoms with Crippen LogP contribution in [-0.4, -0.2) is 20.2 Å². The Morgan fingerprint density at radius 2 is 2.10 bits per heavy atom. The van der Waals surface area contributed by atoms with Gasteiger partial charge in [0, 0.05) is 0 Å². The number of aromatic nitrogens is 4. The van der Waals surface area contributed by atoms with Crippen LogP contribution in [0.5, 0.6) is 11.6 Å². The molecule has 0 aliphatic carbocycles. The van der Waals surface area contributed by atoms with E-state index in [0.29, 0.717) is 29.1 Å². The maximum absolute atomic E-state index is 8.65. The number of ether oxygens (including phenoxy) is 1. The molecular weight excluding hydrogens is 270 g/mol. The van der Waals surface area contributed by atoms with Crippen LogP contribution < -0.4 is 16.0 Å². The Bertz CT molecular complexity index is 803. The number of anilines is 1. The minimum atomic E-state index is 0.225. The maximum Gasteiger partial charge on any atom is 0.242 e. The highest BCUT2D eigenvalue weighted by molar-refractivity contribution is 5.80. The molecule has 21 heavy (non-hydrogen) atoms.